The van der Waals surface area contributed by atoms with Crippen molar-refractivity contribution in [1.29, 1.82) is 0 Å². The van der Waals surface area contributed by atoms with E-state index in [1.807, 2.05) is 0 Å². The van der Waals surface area contributed by atoms with Crippen molar-refractivity contribution >= 4 is 35.0 Å². The molecule has 2 aromatic carbocycles. The molecule has 0 bridgehead atoms. The van der Waals surface area contributed by atoms with E-state index in [0.717, 1.165) is 42.8 Å². The molecule has 11 heteroatoms. The number of halogens is 4. The number of hydrogen-bond acceptors (Lipinski definition) is 5. The number of carbonyl (C=O) groups excluding carboxylic acids is 1. The van der Waals surface area contributed by atoms with E-state index in [1.54, 1.807) is 35.0 Å². The molecular weight excluding hydrogens is 439 g/mol. The zero-order valence-corrected chi connectivity index (χ0v) is 16.9. The predicted molar refractivity (Wildman–Crippen MR) is 106 cm³/mol. The van der Waals surface area contributed by atoms with Crippen LogP contribution in [0.3, 0.4) is 0 Å². The lowest BCUT2D eigenvalue weighted by atomic mass is 10.1. The zero-order chi connectivity index (χ0) is 21.3. The minimum atomic E-state index is -4.55. The summed E-state index contributed by atoms with van der Waals surface area (Å²) in [5.74, 6) is -0.530. The van der Waals surface area contributed by atoms with Gasteiger partial charge in [0.1, 0.15) is 5.25 Å². The maximum Gasteiger partial charge on any atom is 0.416 e. The molecule has 30 heavy (non-hydrogen) atoms. The van der Waals surface area contributed by atoms with Crippen molar-refractivity contribution in [1.82, 2.24) is 20.2 Å². The maximum atomic E-state index is 13.1. The fourth-order valence-electron chi connectivity index (χ4n) is 2.81. The van der Waals surface area contributed by atoms with Crippen LogP contribution in [0.15, 0.2) is 53.7 Å². The Balaban J connectivity index is 1.63. The van der Waals surface area contributed by atoms with Crippen molar-refractivity contribution in [2.75, 3.05) is 5.32 Å². The molecule has 1 N–H and O–H groups in total. The second-order valence-corrected chi connectivity index (χ2v) is 8.21. The molecule has 0 aliphatic heterocycles. The highest BCUT2D eigenvalue weighted by Gasteiger charge is 2.33. The fourth-order valence-corrected chi connectivity index (χ4v) is 4.03. The summed E-state index contributed by atoms with van der Waals surface area (Å²) < 4.78 is 40.8. The van der Waals surface area contributed by atoms with Gasteiger partial charge in [0.15, 0.2) is 0 Å². The highest BCUT2D eigenvalue weighted by Crippen LogP contribution is 2.41. The summed E-state index contributed by atoms with van der Waals surface area (Å²) in [4.78, 5) is 13.1. The van der Waals surface area contributed by atoms with Crippen LogP contribution in [-0.4, -0.2) is 26.1 Å². The van der Waals surface area contributed by atoms with E-state index in [9.17, 15) is 18.0 Å². The Bertz CT molecular complexity index is 1060. The van der Waals surface area contributed by atoms with Crippen molar-refractivity contribution in [2.45, 2.75) is 35.5 Å². The molecule has 0 radical (unpaired) electrons. The molecule has 1 aliphatic rings. The lowest BCUT2D eigenvalue weighted by Gasteiger charge is -2.18. The number of alkyl halides is 3. The van der Waals surface area contributed by atoms with Gasteiger partial charge >= 0.3 is 6.18 Å². The first-order valence-electron chi connectivity index (χ1n) is 9.00. The van der Waals surface area contributed by atoms with Gasteiger partial charge in [0.05, 0.1) is 22.3 Å². The summed E-state index contributed by atoms with van der Waals surface area (Å²) >= 11 is 7.17. The molecule has 0 spiro atoms. The molecule has 6 nitrogen and oxygen atoms in total. The summed E-state index contributed by atoms with van der Waals surface area (Å²) in [5, 5.41) is 13.9. The molecule has 0 unspecified atom stereocenters. The standard InChI is InChI=1S/C19H15ClF3N5OS/c20-14-9-6-12(19(21,22)23)10-15(14)24-17(29)16(11-4-2-1-3-5-11)30-18-25-26-27-28(18)13-7-8-13/h1-6,9-10,13,16H,7-8H2,(H,24,29)/t16-/m0/s1. The first-order chi connectivity index (χ1) is 14.3. The molecular formula is C19H15ClF3N5OS. The number of benzene rings is 2. The Morgan fingerprint density at radius 1 is 1.20 bits per heavy atom. The molecule has 156 valence electrons. The Labute approximate surface area is 178 Å². The molecule has 1 fully saturated rings. The zero-order valence-electron chi connectivity index (χ0n) is 15.3. The van der Waals surface area contributed by atoms with Crippen LogP contribution in [0.4, 0.5) is 18.9 Å². The van der Waals surface area contributed by atoms with Crippen molar-refractivity contribution < 1.29 is 18.0 Å². The van der Waals surface area contributed by atoms with Gasteiger partial charge in [-0.15, -0.1) is 5.10 Å². The van der Waals surface area contributed by atoms with Crippen molar-refractivity contribution in [3.63, 3.8) is 0 Å². The van der Waals surface area contributed by atoms with E-state index in [-0.39, 0.29) is 16.8 Å². The van der Waals surface area contributed by atoms with Crippen LogP contribution < -0.4 is 5.32 Å². The highest BCUT2D eigenvalue weighted by molar-refractivity contribution is 8.00. The van der Waals surface area contributed by atoms with Gasteiger partial charge in [0, 0.05) is 0 Å². The number of amides is 1. The molecule has 1 amide bonds. The van der Waals surface area contributed by atoms with Crippen molar-refractivity contribution in [3.8, 4) is 0 Å². The van der Waals surface area contributed by atoms with E-state index in [0.29, 0.717) is 10.7 Å². The van der Waals surface area contributed by atoms with Gasteiger partial charge in [-0.2, -0.15) is 13.2 Å². The van der Waals surface area contributed by atoms with Gasteiger partial charge in [-0.1, -0.05) is 53.7 Å². The van der Waals surface area contributed by atoms with E-state index in [1.165, 1.54) is 0 Å². The predicted octanol–water partition coefficient (Wildman–Crippen LogP) is 5.15. The van der Waals surface area contributed by atoms with Gasteiger partial charge in [-0.25, -0.2) is 4.68 Å². The first-order valence-corrected chi connectivity index (χ1v) is 10.3. The number of nitrogens with zero attached hydrogens (tertiary/aromatic N) is 4. The minimum absolute atomic E-state index is 0.0102. The van der Waals surface area contributed by atoms with Crippen LogP contribution >= 0.6 is 23.4 Å². The second-order valence-electron chi connectivity index (χ2n) is 6.73. The maximum absolute atomic E-state index is 13.1. The van der Waals surface area contributed by atoms with Crippen LogP contribution in [0.1, 0.15) is 35.3 Å². The minimum Gasteiger partial charge on any atom is -0.323 e. The SMILES string of the molecule is O=C(Nc1cc(C(F)(F)F)ccc1Cl)[C@@H](Sc1nnnn1C1CC1)c1ccccc1. The molecule has 1 saturated carbocycles. The van der Waals surface area contributed by atoms with Crippen LogP contribution in [0, 0.1) is 0 Å². The van der Waals surface area contributed by atoms with Crippen LogP contribution in [-0.2, 0) is 11.0 Å². The molecule has 1 heterocycles. The third kappa shape index (κ3) is 4.59. The Morgan fingerprint density at radius 2 is 1.93 bits per heavy atom. The highest BCUT2D eigenvalue weighted by atomic mass is 35.5. The van der Waals surface area contributed by atoms with Gasteiger partial charge in [0.2, 0.25) is 11.1 Å². The van der Waals surface area contributed by atoms with Crippen LogP contribution in [0.2, 0.25) is 5.02 Å². The topological polar surface area (TPSA) is 72.7 Å². The molecule has 3 aromatic rings. The molecule has 4 rings (SSSR count). The smallest absolute Gasteiger partial charge is 0.323 e. The largest absolute Gasteiger partial charge is 0.416 e. The number of nitrogens with one attached hydrogen (secondary N) is 1. The lowest BCUT2D eigenvalue weighted by Crippen LogP contribution is -2.20. The summed E-state index contributed by atoms with van der Waals surface area (Å²) in [7, 11) is 0. The lowest BCUT2D eigenvalue weighted by molar-refractivity contribution is -0.137. The van der Waals surface area contributed by atoms with Crippen molar-refractivity contribution in [2.24, 2.45) is 0 Å². The summed E-state index contributed by atoms with van der Waals surface area (Å²) in [6.07, 6.45) is -2.63. The Morgan fingerprint density at radius 3 is 2.60 bits per heavy atom. The Hall–Kier alpha value is -2.59. The number of carbonyl (C=O) groups is 1. The van der Waals surface area contributed by atoms with E-state index < -0.39 is 22.9 Å². The first kappa shape index (κ1) is 20.7. The number of aromatic nitrogens is 4. The molecule has 1 atom stereocenters. The molecule has 1 aromatic heterocycles. The van der Waals surface area contributed by atoms with E-state index >= 15 is 0 Å². The third-order valence-corrected chi connectivity index (χ3v) is 6.00. The third-order valence-electron chi connectivity index (χ3n) is 4.47. The van der Waals surface area contributed by atoms with Crippen molar-refractivity contribution in [3.05, 3.63) is 64.7 Å². The molecule has 1 aliphatic carbocycles. The van der Waals surface area contributed by atoms with Crippen LogP contribution in [0.5, 0.6) is 0 Å². The summed E-state index contributed by atoms with van der Waals surface area (Å²) in [5.41, 5.74) is -0.350. The van der Waals surface area contributed by atoms with E-state index in [2.05, 4.69) is 20.8 Å². The van der Waals surface area contributed by atoms with E-state index in [4.69, 9.17) is 11.6 Å². The average molecular weight is 454 g/mol. The normalized spacial score (nSPS) is 15.1. The van der Waals surface area contributed by atoms with Crippen LogP contribution in [0.25, 0.3) is 0 Å². The molecule has 0 saturated heterocycles. The average Bonchev–Trinajstić information content (AvgIpc) is 3.45. The monoisotopic (exact) mass is 453 g/mol. The van der Waals surface area contributed by atoms with Gasteiger partial charge < -0.3 is 5.32 Å². The number of hydrogen-bond donors (Lipinski definition) is 1. The summed E-state index contributed by atoms with van der Waals surface area (Å²) in [6.45, 7) is 0. The Kier molecular flexibility index (Phi) is 5.70. The number of thioether (sulfide) groups is 1. The number of anilines is 1. The quantitative estimate of drug-likeness (QED) is 0.522. The second kappa shape index (κ2) is 8.27. The van der Waals surface area contributed by atoms with Gasteiger partial charge in [-0.05, 0) is 47.0 Å². The van der Waals surface area contributed by atoms with Gasteiger partial charge in [0.25, 0.3) is 0 Å². The summed E-state index contributed by atoms with van der Waals surface area (Å²) in [6, 6.07) is 11.9. The van der Waals surface area contributed by atoms with Gasteiger partial charge in [-0.3, -0.25) is 4.79 Å². The number of rotatable bonds is 6. The number of tetrazole rings is 1. The fraction of sp³-hybridized carbons (Fsp3) is 0.263.